The predicted octanol–water partition coefficient (Wildman–Crippen LogP) is 6.12. The number of halogens is 1. The monoisotopic (exact) mass is 528 g/mol. The summed E-state index contributed by atoms with van der Waals surface area (Å²) in [5.41, 5.74) is 3.69. The van der Waals surface area contributed by atoms with Gasteiger partial charge in [0.1, 0.15) is 0 Å². The SMILES string of the molecule is Cc1cc(CSc2ccccc2)ccc1NC(=O)C1CCN(S(=O)(=O)Cc2cccc(Cl)c2)CC1. The first kappa shape index (κ1) is 25.8. The van der Waals surface area contributed by atoms with Crippen LogP contribution in [0.2, 0.25) is 5.02 Å². The summed E-state index contributed by atoms with van der Waals surface area (Å²) in [7, 11) is -3.46. The highest BCUT2D eigenvalue weighted by molar-refractivity contribution is 7.98. The minimum absolute atomic E-state index is 0.0496. The number of piperidine rings is 1. The highest BCUT2D eigenvalue weighted by Crippen LogP contribution is 2.27. The van der Waals surface area contributed by atoms with Crippen LogP contribution in [0.15, 0.2) is 77.7 Å². The molecule has 5 nitrogen and oxygen atoms in total. The summed E-state index contributed by atoms with van der Waals surface area (Å²) in [4.78, 5) is 14.1. The first-order chi connectivity index (χ1) is 16.8. The van der Waals surface area contributed by atoms with Crippen molar-refractivity contribution in [1.29, 1.82) is 0 Å². The fourth-order valence-electron chi connectivity index (χ4n) is 4.20. The Morgan fingerprint density at radius 2 is 1.74 bits per heavy atom. The number of carbonyl (C=O) groups is 1. The van der Waals surface area contributed by atoms with Crippen molar-refractivity contribution in [2.24, 2.45) is 5.92 Å². The van der Waals surface area contributed by atoms with Crippen molar-refractivity contribution in [2.75, 3.05) is 18.4 Å². The second-order valence-corrected chi connectivity index (χ2v) is 12.3. The normalized spacial score (nSPS) is 15.1. The standard InChI is InChI=1S/C27H29ClN2O3S2/c1-20-16-21(18-34-25-8-3-2-4-9-25)10-11-26(20)29-27(31)23-12-14-30(15-13-23)35(32,33)19-22-6-5-7-24(28)17-22/h2-11,16-17,23H,12-15,18-19H2,1H3,(H,29,31). The van der Waals surface area contributed by atoms with E-state index < -0.39 is 10.0 Å². The largest absolute Gasteiger partial charge is 0.326 e. The summed E-state index contributed by atoms with van der Waals surface area (Å²) in [6.07, 6.45) is 1.01. The van der Waals surface area contributed by atoms with Crippen LogP contribution in [0.3, 0.4) is 0 Å². The number of carbonyl (C=O) groups excluding carboxylic acids is 1. The number of thioether (sulfide) groups is 1. The third-order valence-electron chi connectivity index (χ3n) is 6.15. The molecule has 4 rings (SSSR count). The Bertz CT molecular complexity index is 1270. The molecule has 1 N–H and O–H groups in total. The molecule has 0 radical (unpaired) electrons. The molecule has 3 aromatic carbocycles. The second-order valence-electron chi connectivity index (χ2n) is 8.80. The van der Waals surface area contributed by atoms with Gasteiger partial charge in [0.2, 0.25) is 15.9 Å². The highest BCUT2D eigenvalue weighted by atomic mass is 35.5. The van der Waals surface area contributed by atoms with E-state index in [-0.39, 0.29) is 17.6 Å². The zero-order chi connectivity index (χ0) is 24.8. The number of sulfonamides is 1. The van der Waals surface area contributed by atoms with Gasteiger partial charge in [-0.2, -0.15) is 0 Å². The molecule has 0 unspecified atom stereocenters. The molecule has 0 saturated carbocycles. The van der Waals surface area contributed by atoms with Gasteiger partial charge in [-0.1, -0.05) is 54.1 Å². The molecule has 0 bridgehead atoms. The molecule has 0 atom stereocenters. The van der Waals surface area contributed by atoms with Crippen molar-refractivity contribution in [1.82, 2.24) is 4.31 Å². The quantitative estimate of drug-likeness (QED) is 0.358. The lowest BCUT2D eigenvalue weighted by molar-refractivity contribution is -0.120. The van der Waals surface area contributed by atoms with E-state index in [2.05, 4.69) is 23.5 Å². The number of anilines is 1. The lowest BCUT2D eigenvalue weighted by Gasteiger charge is -2.30. The molecule has 1 saturated heterocycles. The molecule has 0 aromatic heterocycles. The van der Waals surface area contributed by atoms with Gasteiger partial charge in [0.05, 0.1) is 5.75 Å². The van der Waals surface area contributed by atoms with Crippen LogP contribution < -0.4 is 5.32 Å². The third kappa shape index (κ3) is 7.10. The number of aryl methyl sites for hydroxylation is 1. The Kier molecular flexibility index (Phi) is 8.55. The number of amides is 1. The van der Waals surface area contributed by atoms with E-state index in [1.807, 2.05) is 37.3 Å². The van der Waals surface area contributed by atoms with Crippen molar-refractivity contribution in [3.63, 3.8) is 0 Å². The zero-order valence-corrected chi connectivity index (χ0v) is 22.0. The first-order valence-electron chi connectivity index (χ1n) is 11.6. The molecule has 1 fully saturated rings. The van der Waals surface area contributed by atoms with Crippen LogP contribution in [0.5, 0.6) is 0 Å². The van der Waals surface area contributed by atoms with Crippen LogP contribution in [0, 0.1) is 12.8 Å². The molecule has 35 heavy (non-hydrogen) atoms. The van der Waals surface area contributed by atoms with E-state index in [1.165, 1.54) is 14.8 Å². The maximum absolute atomic E-state index is 12.9. The fraction of sp³-hybridized carbons (Fsp3) is 0.296. The Morgan fingerprint density at radius 1 is 1.00 bits per heavy atom. The van der Waals surface area contributed by atoms with E-state index >= 15 is 0 Å². The summed E-state index contributed by atoms with van der Waals surface area (Å²) in [6, 6.07) is 23.3. The molecule has 1 heterocycles. The van der Waals surface area contributed by atoms with Gasteiger partial charge in [-0.15, -0.1) is 11.8 Å². The van der Waals surface area contributed by atoms with Crippen LogP contribution >= 0.6 is 23.4 Å². The van der Waals surface area contributed by atoms with Crippen LogP contribution in [-0.2, 0) is 26.3 Å². The van der Waals surface area contributed by atoms with Gasteiger partial charge >= 0.3 is 0 Å². The second kappa shape index (κ2) is 11.6. The van der Waals surface area contributed by atoms with Crippen molar-refractivity contribution < 1.29 is 13.2 Å². The van der Waals surface area contributed by atoms with Crippen LogP contribution in [-0.4, -0.2) is 31.7 Å². The lowest BCUT2D eigenvalue weighted by Crippen LogP contribution is -2.41. The number of nitrogens with zero attached hydrogens (tertiary/aromatic N) is 1. The number of nitrogens with one attached hydrogen (secondary N) is 1. The summed E-state index contributed by atoms with van der Waals surface area (Å²) < 4.78 is 27.2. The lowest BCUT2D eigenvalue weighted by atomic mass is 9.97. The Balaban J connectivity index is 1.29. The van der Waals surface area contributed by atoms with E-state index in [1.54, 1.807) is 36.0 Å². The summed E-state index contributed by atoms with van der Waals surface area (Å²) in [5, 5.41) is 3.57. The molecule has 184 valence electrons. The molecular formula is C27H29ClN2O3S2. The number of rotatable bonds is 8. The maximum Gasteiger partial charge on any atom is 0.227 e. The van der Waals surface area contributed by atoms with Crippen molar-refractivity contribution in [2.45, 2.75) is 36.2 Å². The van der Waals surface area contributed by atoms with Gasteiger partial charge in [-0.05, 0) is 66.8 Å². The first-order valence-corrected chi connectivity index (χ1v) is 14.6. The average molecular weight is 529 g/mol. The molecule has 0 spiro atoms. The minimum Gasteiger partial charge on any atom is -0.326 e. The Labute approximate surface area is 216 Å². The highest BCUT2D eigenvalue weighted by Gasteiger charge is 2.31. The van der Waals surface area contributed by atoms with Gasteiger partial charge in [0.15, 0.2) is 0 Å². The fourth-order valence-corrected chi connectivity index (χ4v) is 6.82. The van der Waals surface area contributed by atoms with Crippen molar-refractivity contribution in [3.05, 3.63) is 94.5 Å². The summed E-state index contributed by atoms with van der Waals surface area (Å²) in [6.45, 7) is 2.68. The average Bonchev–Trinajstić information content (AvgIpc) is 2.84. The smallest absolute Gasteiger partial charge is 0.227 e. The van der Waals surface area contributed by atoms with Crippen LogP contribution in [0.4, 0.5) is 5.69 Å². The van der Waals surface area contributed by atoms with E-state index in [4.69, 9.17) is 11.6 Å². The van der Waals surface area contributed by atoms with E-state index in [0.717, 1.165) is 17.0 Å². The summed E-state index contributed by atoms with van der Waals surface area (Å²) in [5.74, 6) is 0.520. The van der Waals surface area contributed by atoms with Gasteiger partial charge in [-0.25, -0.2) is 12.7 Å². The molecule has 1 amide bonds. The Hall–Kier alpha value is -2.32. The number of benzene rings is 3. The molecule has 3 aromatic rings. The molecule has 8 heteroatoms. The minimum atomic E-state index is -3.46. The molecule has 1 aliphatic heterocycles. The number of hydrogen-bond acceptors (Lipinski definition) is 4. The van der Waals surface area contributed by atoms with Crippen LogP contribution in [0.25, 0.3) is 0 Å². The van der Waals surface area contributed by atoms with E-state index in [9.17, 15) is 13.2 Å². The van der Waals surface area contributed by atoms with Crippen LogP contribution in [0.1, 0.15) is 29.5 Å². The zero-order valence-electron chi connectivity index (χ0n) is 19.6. The molecule has 1 aliphatic rings. The predicted molar refractivity (Wildman–Crippen MR) is 144 cm³/mol. The molecular weight excluding hydrogens is 500 g/mol. The van der Waals surface area contributed by atoms with Gasteiger partial charge < -0.3 is 5.32 Å². The van der Waals surface area contributed by atoms with E-state index in [0.29, 0.717) is 36.5 Å². The molecule has 0 aliphatic carbocycles. The van der Waals surface area contributed by atoms with Crippen molar-refractivity contribution >= 4 is 45.0 Å². The van der Waals surface area contributed by atoms with Gasteiger partial charge in [0, 0.05) is 40.4 Å². The van der Waals surface area contributed by atoms with Crippen molar-refractivity contribution in [3.8, 4) is 0 Å². The Morgan fingerprint density at radius 3 is 2.43 bits per heavy atom. The van der Waals surface area contributed by atoms with Gasteiger partial charge in [-0.3, -0.25) is 4.79 Å². The van der Waals surface area contributed by atoms with Gasteiger partial charge in [0.25, 0.3) is 0 Å². The third-order valence-corrected chi connectivity index (χ3v) is 9.32. The maximum atomic E-state index is 12.9. The number of hydrogen-bond donors (Lipinski definition) is 1. The topological polar surface area (TPSA) is 66.5 Å². The summed E-state index contributed by atoms with van der Waals surface area (Å²) >= 11 is 7.77.